The zero-order chi connectivity index (χ0) is 14.0. The lowest BCUT2D eigenvalue weighted by Crippen LogP contribution is -1.90. The minimum Gasteiger partial charge on any atom is -0.456 e. The molecule has 0 fully saturated rings. The quantitative estimate of drug-likeness (QED) is 0.697. The van der Waals surface area contributed by atoms with Crippen molar-refractivity contribution in [2.75, 3.05) is 0 Å². The van der Waals surface area contributed by atoms with E-state index in [-0.39, 0.29) is 11.6 Å². The van der Waals surface area contributed by atoms with E-state index >= 15 is 0 Å². The van der Waals surface area contributed by atoms with Crippen LogP contribution in [-0.4, -0.2) is 5.11 Å². The summed E-state index contributed by atoms with van der Waals surface area (Å²) in [6.07, 6.45) is 0. The van der Waals surface area contributed by atoms with Crippen molar-refractivity contribution in [1.29, 1.82) is 0 Å². The summed E-state index contributed by atoms with van der Waals surface area (Å²) in [5.41, 5.74) is 0.744. The van der Waals surface area contributed by atoms with Crippen LogP contribution in [0.3, 0.4) is 0 Å². The molecule has 0 amide bonds. The predicted octanol–water partition coefficient (Wildman–Crippen LogP) is 5.29. The Morgan fingerprint density at radius 3 is 2.53 bits per heavy atom. The van der Waals surface area contributed by atoms with E-state index < -0.39 is 5.82 Å². The summed E-state index contributed by atoms with van der Waals surface area (Å²) >= 11 is 12.2. The number of hydrogen-bond acceptors (Lipinski definition) is 2. The lowest BCUT2D eigenvalue weighted by molar-refractivity contribution is 0.281. The maximum absolute atomic E-state index is 13.4. The van der Waals surface area contributed by atoms with Crippen LogP contribution in [0, 0.1) is 5.82 Å². The highest BCUT2D eigenvalue weighted by atomic mass is 79.9. The van der Waals surface area contributed by atoms with E-state index in [2.05, 4.69) is 31.9 Å². The third-order valence-corrected chi connectivity index (χ3v) is 4.05. The molecule has 2 rings (SSSR count). The average molecular weight is 410 g/mol. The van der Waals surface area contributed by atoms with Gasteiger partial charge in [-0.15, -0.1) is 0 Å². The van der Waals surface area contributed by atoms with E-state index in [9.17, 15) is 4.39 Å². The van der Waals surface area contributed by atoms with E-state index in [1.807, 2.05) is 0 Å². The number of aliphatic hydroxyl groups is 1. The molecule has 6 heteroatoms. The smallest absolute Gasteiger partial charge is 0.145 e. The van der Waals surface area contributed by atoms with Gasteiger partial charge >= 0.3 is 0 Å². The van der Waals surface area contributed by atoms with Gasteiger partial charge in [-0.3, -0.25) is 0 Å². The highest BCUT2D eigenvalue weighted by Crippen LogP contribution is 2.35. The third kappa shape index (κ3) is 3.48. The summed E-state index contributed by atoms with van der Waals surface area (Å²) in [6.45, 7) is -0.0693. The second-order valence-electron chi connectivity index (χ2n) is 3.71. The van der Waals surface area contributed by atoms with Crippen molar-refractivity contribution in [3.63, 3.8) is 0 Å². The minimum absolute atomic E-state index is 0.0241. The molecule has 0 unspecified atom stereocenters. The fourth-order valence-corrected chi connectivity index (χ4v) is 2.63. The standard InChI is InChI=1S/C13H8Br2ClFO2/c14-9-3-8(2-1-7(9)6-18)19-13-5-12(17)11(16)4-10(13)15/h1-5,18H,6H2. The van der Waals surface area contributed by atoms with Gasteiger partial charge in [-0.25, -0.2) is 4.39 Å². The van der Waals surface area contributed by atoms with Crippen LogP contribution in [-0.2, 0) is 6.61 Å². The highest BCUT2D eigenvalue weighted by molar-refractivity contribution is 9.10. The van der Waals surface area contributed by atoms with E-state index in [0.717, 1.165) is 10.0 Å². The van der Waals surface area contributed by atoms with Gasteiger partial charge in [0.1, 0.15) is 17.3 Å². The zero-order valence-corrected chi connectivity index (χ0v) is 13.4. The number of rotatable bonds is 3. The molecule has 0 radical (unpaired) electrons. The van der Waals surface area contributed by atoms with Crippen LogP contribution in [0.1, 0.15) is 5.56 Å². The van der Waals surface area contributed by atoms with Gasteiger partial charge in [0.2, 0.25) is 0 Å². The predicted molar refractivity (Wildman–Crippen MR) is 79.2 cm³/mol. The maximum Gasteiger partial charge on any atom is 0.145 e. The van der Waals surface area contributed by atoms with E-state index in [1.54, 1.807) is 18.2 Å². The molecule has 0 spiro atoms. The van der Waals surface area contributed by atoms with E-state index in [0.29, 0.717) is 16.0 Å². The molecule has 0 saturated heterocycles. The van der Waals surface area contributed by atoms with Gasteiger partial charge in [-0.2, -0.15) is 0 Å². The largest absolute Gasteiger partial charge is 0.456 e. The Bertz CT molecular complexity index is 620. The minimum atomic E-state index is -0.550. The molecule has 1 N–H and O–H groups in total. The number of ether oxygens (including phenoxy) is 1. The van der Waals surface area contributed by atoms with Crippen molar-refractivity contribution in [1.82, 2.24) is 0 Å². The molecular formula is C13H8Br2ClFO2. The normalized spacial score (nSPS) is 10.6. The molecule has 2 nitrogen and oxygen atoms in total. The molecule has 0 aliphatic rings. The fraction of sp³-hybridized carbons (Fsp3) is 0.0769. The molecule has 100 valence electrons. The molecule has 0 heterocycles. The van der Waals surface area contributed by atoms with Gasteiger partial charge < -0.3 is 9.84 Å². The lowest BCUT2D eigenvalue weighted by Gasteiger charge is -2.10. The first-order valence-corrected chi connectivity index (χ1v) is 7.19. The SMILES string of the molecule is OCc1ccc(Oc2cc(F)c(Cl)cc2Br)cc1Br. The van der Waals surface area contributed by atoms with Gasteiger partial charge in [0.15, 0.2) is 0 Å². The molecular weight excluding hydrogens is 402 g/mol. The number of benzene rings is 2. The first-order valence-electron chi connectivity index (χ1n) is 5.23. The molecule has 0 atom stereocenters. The first-order chi connectivity index (χ1) is 9.01. The van der Waals surface area contributed by atoms with Gasteiger partial charge in [-0.1, -0.05) is 33.6 Å². The number of aliphatic hydroxyl groups excluding tert-OH is 1. The van der Waals surface area contributed by atoms with Crippen molar-refractivity contribution in [2.24, 2.45) is 0 Å². The summed E-state index contributed by atoms with van der Waals surface area (Å²) in [7, 11) is 0. The van der Waals surface area contributed by atoms with Crippen LogP contribution in [0.5, 0.6) is 11.5 Å². The van der Waals surface area contributed by atoms with Gasteiger partial charge in [0, 0.05) is 10.5 Å². The van der Waals surface area contributed by atoms with Crippen molar-refractivity contribution in [3.05, 3.63) is 55.7 Å². The van der Waals surface area contributed by atoms with Crippen molar-refractivity contribution < 1.29 is 14.2 Å². The fourth-order valence-electron chi connectivity index (χ4n) is 1.43. The first kappa shape index (κ1) is 14.8. The summed E-state index contributed by atoms with van der Waals surface area (Å²) in [5.74, 6) is 0.294. The summed E-state index contributed by atoms with van der Waals surface area (Å²) in [5, 5.41) is 9.09. The van der Waals surface area contributed by atoms with Crippen LogP contribution in [0.2, 0.25) is 5.02 Å². The molecule has 19 heavy (non-hydrogen) atoms. The highest BCUT2D eigenvalue weighted by Gasteiger charge is 2.10. The average Bonchev–Trinajstić information content (AvgIpc) is 2.36. The Balaban J connectivity index is 2.31. The Hall–Kier alpha value is -0.620. The lowest BCUT2D eigenvalue weighted by atomic mass is 10.2. The van der Waals surface area contributed by atoms with E-state index in [1.165, 1.54) is 12.1 Å². The van der Waals surface area contributed by atoms with E-state index in [4.69, 9.17) is 21.4 Å². The van der Waals surface area contributed by atoms with Crippen LogP contribution in [0.15, 0.2) is 39.3 Å². The summed E-state index contributed by atoms with van der Waals surface area (Å²) in [4.78, 5) is 0. The molecule has 0 aliphatic carbocycles. The Morgan fingerprint density at radius 2 is 1.89 bits per heavy atom. The van der Waals surface area contributed by atoms with Gasteiger partial charge in [0.05, 0.1) is 16.1 Å². The number of hydrogen-bond donors (Lipinski definition) is 1. The molecule has 2 aromatic rings. The van der Waals surface area contributed by atoms with Crippen molar-refractivity contribution >= 4 is 43.5 Å². The summed E-state index contributed by atoms with van der Waals surface area (Å²) in [6, 6.07) is 7.75. The summed E-state index contributed by atoms with van der Waals surface area (Å²) < 4.78 is 20.2. The molecule has 0 aromatic heterocycles. The van der Waals surface area contributed by atoms with Crippen LogP contribution >= 0.6 is 43.5 Å². The van der Waals surface area contributed by atoms with Gasteiger partial charge in [-0.05, 0) is 39.7 Å². The van der Waals surface area contributed by atoms with Crippen molar-refractivity contribution in [3.8, 4) is 11.5 Å². The third-order valence-electron chi connectivity index (χ3n) is 2.40. The Kier molecular flexibility index (Phi) is 4.84. The van der Waals surface area contributed by atoms with Crippen molar-refractivity contribution in [2.45, 2.75) is 6.61 Å². The molecule has 0 aliphatic heterocycles. The Labute approximate surface area is 131 Å². The second kappa shape index (κ2) is 6.22. The zero-order valence-electron chi connectivity index (χ0n) is 9.46. The molecule has 0 saturated carbocycles. The molecule has 0 bridgehead atoms. The molecule has 2 aromatic carbocycles. The maximum atomic E-state index is 13.4. The Morgan fingerprint density at radius 1 is 1.16 bits per heavy atom. The topological polar surface area (TPSA) is 29.5 Å². The number of halogens is 4. The monoisotopic (exact) mass is 408 g/mol. The van der Waals surface area contributed by atoms with Crippen LogP contribution in [0.4, 0.5) is 4.39 Å². The van der Waals surface area contributed by atoms with Gasteiger partial charge in [0.25, 0.3) is 0 Å². The van der Waals surface area contributed by atoms with Crippen LogP contribution in [0.25, 0.3) is 0 Å². The van der Waals surface area contributed by atoms with Crippen LogP contribution < -0.4 is 4.74 Å². The second-order valence-corrected chi connectivity index (χ2v) is 5.83.